The lowest BCUT2D eigenvalue weighted by atomic mass is 10.0. The Hall–Kier alpha value is -2.74. The molecule has 2 aromatic rings. The summed E-state index contributed by atoms with van der Waals surface area (Å²) in [7, 11) is 1.80. The molecule has 3 aliphatic heterocycles. The second-order valence-corrected chi connectivity index (χ2v) is 9.45. The number of carbonyl (C=O) groups is 2. The molecular formula is C25H31N5O2. The smallest absolute Gasteiger partial charge is 0.310 e. The molecule has 0 bridgehead atoms. The van der Waals surface area contributed by atoms with Gasteiger partial charge in [0.2, 0.25) is 0 Å². The Labute approximate surface area is 189 Å². The molecule has 3 saturated heterocycles. The first-order valence-electron chi connectivity index (χ1n) is 11.4. The highest BCUT2D eigenvalue weighted by Crippen LogP contribution is 2.33. The van der Waals surface area contributed by atoms with Crippen molar-refractivity contribution in [3.05, 3.63) is 71.3 Å². The maximum atomic E-state index is 13.6. The number of imide groups is 1. The van der Waals surface area contributed by atoms with Crippen LogP contribution in [0.15, 0.2) is 54.6 Å². The van der Waals surface area contributed by atoms with Crippen LogP contribution in [-0.2, 0) is 17.9 Å². The molecule has 168 valence electrons. The van der Waals surface area contributed by atoms with Crippen molar-refractivity contribution in [2.75, 3.05) is 20.1 Å². The van der Waals surface area contributed by atoms with Gasteiger partial charge in [0.15, 0.2) is 0 Å². The Kier molecular flexibility index (Phi) is 5.49. The zero-order chi connectivity index (χ0) is 22.4. The molecule has 7 nitrogen and oxygen atoms in total. The van der Waals surface area contributed by atoms with E-state index in [0.717, 1.165) is 30.8 Å². The Morgan fingerprint density at radius 3 is 2.34 bits per heavy atom. The number of likely N-dealkylation sites (N-methyl/N-ethyl adjacent to an activating group) is 1. The maximum absolute atomic E-state index is 13.6. The maximum Gasteiger partial charge on any atom is 0.328 e. The topological polar surface area (TPSA) is 59.1 Å². The summed E-state index contributed by atoms with van der Waals surface area (Å²) in [6.45, 7) is 7.14. The Balaban J connectivity index is 1.40. The van der Waals surface area contributed by atoms with Crippen molar-refractivity contribution in [3.63, 3.8) is 0 Å². The number of fused-ring (bicyclic) bond motifs is 3. The van der Waals surface area contributed by atoms with E-state index in [0.29, 0.717) is 12.5 Å². The predicted molar refractivity (Wildman–Crippen MR) is 122 cm³/mol. The molecule has 3 heterocycles. The quantitative estimate of drug-likeness (QED) is 0.803. The van der Waals surface area contributed by atoms with Gasteiger partial charge in [-0.15, -0.1) is 0 Å². The number of amides is 3. The van der Waals surface area contributed by atoms with Gasteiger partial charge in [-0.05, 0) is 24.0 Å². The molecule has 4 atom stereocenters. The molecule has 0 spiro atoms. The summed E-state index contributed by atoms with van der Waals surface area (Å²) in [6.07, 6.45) is -0.391. The molecule has 3 amide bonds. The van der Waals surface area contributed by atoms with Gasteiger partial charge in [0.05, 0.1) is 6.54 Å². The summed E-state index contributed by atoms with van der Waals surface area (Å²) in [5, 5.41) is 3.60. The summed E-state index contributed by atoms with van der Waals surface area (Å²) in [5.74, 6) is 0.319. The minimum atomic E-state index is -0.380. The number of hydrogen-bond acceptors (Lipinski definition) is 5. The fourth-order valence-corrected chi connectivity index (χ4v) is 5.27. The molecule has 0 aliphatic carbocycles. The third-order valence-corrected chi connectivity index (χ3v) is 6.86. The van der Waals surface area contributed by atoms with Crippen LogP contribution in [0.5, 0.6) is 0 Å². The zero-order valence-electron chi connectivity index (χ0n) is 18.9. The van der Waals surface area contributed by atoms with Gasteiger partial charge >= 0.3 is 6.03 Å². The van der Waals surface area contributed by atoms with E-state index in [9.17, 15) is 9.59 Å². The molecule has 2 aromatic carbocycles. The van der Waals surface area contributed by atoms with Crippen molar-refractivity contribution in [3.8, 4) is 0 Å². The van der Waals surface area contributed by atoms with Crippen molar-refractivity contribution in [1.29, 1.82) is 0 Å². The van der Waals surface area contributed by atoms with Gasteiger partial charge in [-0.2, -0.15) is 0 Å². The Morgan fingerprint density at radius 1 is 0.938 bits per heavy atom. The van der Waals surface area contributed by atoms with Gasteiger partial charge < -0.3 is 4.90 Å². The monoisotopic (exact) mass is 433 g/mol. The van der Waals surface area contributed by atoms with E-state index in [1.807, 2.05) is 37.3 Å². The zero-order valence-corrected chi connectivity index (χ0v) is 18.9. The van der Waals surface area contributed by atoms with E-state index in [4.69, 9.17) is 0 Å². The van der Waals surface area contributed by atoms with Crippen LogP contribution in [-0.4, -0.2) is 70.2 Å². The van der Waals surface area contributed by atoms with Crippen molar-refractivity contribution in [1.82, 2.24) is 24.9 Å². The number of benzene rings is 2. The largest absolute Gasteiger partial charge is 0.328 e. The number of urea groups is 1. The SMILES string of the molecule is Cc1ccc(CN2C(=O)C3C(NC4N(Cc5ccccc5)CC(C)CN34)N(C)C2=O)cc1. The Bertz CT molecular complexity index is 995. The van der Waals surface area contributed by atoms with Gasteiger partial charge in [0, 0.05) is 26.7 Å². The van der Waals surface area contributed by atoms with Crippen LogP contribution in [0, 0.1) is 12.8 Å². The number of hydrogen-bond donors (Lipinski definition) is 1. The average Bonchev–Trinajstić information content (AvgIpc) is 3.17. The average molecular weight is 434 g/mol. The minimum absolute atomic E-state index is 0.0695. The highest BCUT2D eigenvalue weighted by molar-refractivity contribution is 6.00. The van der Waals surface area contributed by atoms with Crippen LogP contribution in [0.25, 0.3) is 0 Å². The van der Waals surface area contributed by atoms with Crippen LogP contribution >= 0.6 is 0 Å². The molecule has 7 heteroatoms. The molecule has 4 unspecified atom stereocenters. The van der Waals surface area contributed by atoms with Gasteiger partial charge in [0.1, 0.15) is 18.5 Å². The van der Waals surface area contributed by atoms with E-state index in [1.165, 1.54) is 10.5 Å². The molecule has 5 rings (SSSR count). The second kappa shape index (κ2) is 8.31. The molecule has 3 fully saturated rings. The highest BCUT2D eigenvalue weighted by Gasteiger charge is 2.56. The number of aryl methyl sites for hydroxylation is 1. The van der Waals surface area contributed by atoms with Gasteiger partial charge in [-0.1, -0.05) is 67.1 Å². The van der Waals surface area contributed by atoms with Gasteiger partial charge in [-0.25, -0.2) is 4.79 Å². The first-order chi connectivity index (χ1) is 15.4. The summed E-state index contributed by atoms with van der Waals surface area (Å²) in [4.78, 5) is 34.5. The van der Waals surface area contributed by atoms with E-state index < -0.39 is 0 Å². The number of rotatable bonds is 4. The van der Waals surface area contributed by atoms with Gasteiger partial charge in [-0.3, -0.25) is 24.8 Å². The van der Waals surface area contributed by atoms with Crippen LogP contribution in [0.1, 0.15) is 23.6 Å². The Morgan fingerprint density at radius 2 is 1.62 bits per heavy atom. The molecular weight excluding hydrogens is 402 g/mol. The van der Waals surface area contributed by atoms with Crippen molar-refractivity contribution >= 4 is 11.9 Å². The fraction of sp³-hybridized carbons (Fsp3) is 0.440. The third kappa shape index (κ3) is 3.70. The lowest BCUT2D eigenvalue weighted by Crippen LogP contribution is -2.66. The number of nitrogens with zero attached hydrogens (tertiary/aromatic N) is 4. The normalized spacial score (nSPS) is 28.7. The highest BCUT2D eigenvalue weighted by atomic mass is 16.2. The first-order valence-corrected chi connectivity index (χ1v) is 11.4. The third-order valence-electron chi connectivity index (χ3n) is 6.86. The molecule has 1 N–H and O–H groups in total. The van der Waals surface area contributed by atoms with E-state index in [1.54, 1.807) is 11.9 Å². The van der Waals surface area contributed by atoms with Crippen LogP contribution in [0.3, 0.4) is 0 Å². The fourth-order valence-electron chi connectivity index (χ4n) is 5.27. The first kappa shape index (κ1) is 21.1. The van der Waals surface area contributed by atoms with Gasteiger partial charge in [0.25, 0.3) is 5.91 Å². The van der Waals surface area contributed by atoms with E-state index in [2.05, 4.69) is 46.3 Å². The van der Waals surface area contributed by atoms with Crippen molar-refractivity contribution in [2.45, 2.75) is 45.4 Å². The van der Waals surface area contributed by atoms with Crippen molar-refractivity contribution in [2.24, 2.45) is 5.92 Å². The molecule has 3 aliphatic rings. The van der Waals surface area contributed by atoms with Crippen molar-refractivity contribution < 1.29 is 9.59 Å². The number of carbonyl (C=O) groups excluding carboxylic acids is 2. The lowest BCUT2D eigenvalue weighted by Gasteiger charge is -2.45. The standard InChI is InChI=1S/C25H31N5O2/c1-17-9-11-20(12-10-17)16-30-23(31)21-22(27(3)25(30)32)26-24-28(13-18(2)14-29(21)24)15-19-7-5-4-6-8-19/h4-12,18,21-22,24,26H,13-16H2,1-3H3. The summed E-state index contributed by atoms with van der Waals surface area (Å²) >= 11 is 0. The predicted octanol–water partition coefficient (Wildman–Crippen LogP) is 2.42. The van der Waals surface area contributed by atoms with E-state index >= 15 is 0 Å². The summed E-state index contributed by atoms with van der Waals surface area (Å²) in [6, 6.07) is 17.8. The molecule has 0 radical (unpaired) electrons. The number of nitrogens with one attached hydrogen (secondary N) is 1. The molecule has 0 aromatic heterocycles. The van der Waals surface area contributed by atoms with Crippen LogP contribution in [0.2, 0.25) is 0 Å². The second-order valence-electron chi connectivity index (χ2n) is 9.45. The molecule has 0 saturated carbocycles. The lowest BCUT2D eigenvalue weighted by molar-refractivity contribution is -0.141. The summed E-state index contributed by atoms with van der Waals surface area (Å²) in [5.41, 5.74) is 3.37. The summed E-state index contributed by atoms with van der Waals surface area (Å²) < 4.78 is 0. The van der Waals surface area contributed by atoms with Crippen LogP contribution in [0.4, 0.5) is 4.79 Å². The van der Waals surface area contributed by atoms with E-state index in [-0.39, 0.29) is 30.4 Å². The van der Waals surface area contributed by atoms with Crippen LogP contribution < -0.4 is 5.32 Å². The minimum Gasteiger partial charge on any atom is -0.310 e. The molecule has 32 heavy (non-hydrogen) atoms.